The number of halogens is 1. The Hall–Kier alpha value is -0.850. The lowest BCUT2D eigenvalue weighted by Gasteiger charge is -2.00. The minimum absolute atomic E-state index is 0.290. The maximum Gasteiger partial charge on any atom is 0.340 e. The van der Waals surface area contributed by atoms with Crippen LogP contribution in [0.5, 0.6) is 0 Å². The zero-order valence-electron chi connectivity index (χ0n) is 7.89. The van der Waals surface area contributed by atoms with Gasteiger partial charge in [-0.05, 0) is 34.6 Å². The van der Waals surface area contributed by atoms with Crippen molar-refractivity contribution in [2.45, 2.75) is 13.3 Å². The Morgan fingerprint density at radius 2 is 2.29 bits per heavy atom. The summed E-state index contributed by atoms with van der Waals surface area (Å²) in [6.45, 7) is 1.92. The smallest absolute Gasteiger partial charge is 0.340 e. The predicted molar refractivity (Wildman–Crippen MR) is 59.6 cm³/mol. The Balaban J connectivity index is 3.34. The maximum atomic E-state index is 11.4. The third-order valence-corrected chi connectivity index (χ3v) is 2.86. The van der Waals surface area contributed by atoms with Crippen molar-refractivity contribution >= 4 is 34.8 Å². The molecule has 0 unspecified atom stereocenters. The van der Waals surface area contributed by atoms with Crippen molar-refractivity contribution in [3.8, 4) is 0 Å². The van der Waals surface area contributed by atoms with Crippen LogP contribution in [0.1, 0.15) is 33.3 Å². The van der Waals surface area contributed by atoms with Gasteiger partial charge in [-0.25, -0.2) is 4.79 Å². The summed E-state index contributed by atoms with van der Waals surface area (Å²) < 4.78 is 5.43. The molecule has 0 aromatic carbocycles. The van der Waals surface area contributed by atoms with Crippen LogP contribution in [0, 0.1) is 3.70 Å². The lowest BCUT2D eigenvalue weighted by atomic mass is 10.1. The fraction of sp³-hybridized carbons (Fsp3) is 0.333. The number of nitrogens with one attached hydrogen (secondary N) is 1. The summed E-state index contributed by atoms with van der Waals surface area (Å²) in [6.07, 6.45) is 1.32. The lowest BCUT2D eigenvalue weighted by molar-refractivity contribution is 0.0597. The minimum Gasteiger partial charge on any atom is -0.465 e. The van der Waals surface area contributed by atoms with Gasteiger partial charge in [-0.3, -0.25) is 4.79 Å². The average Bonchev–Trinajstić information content (AvgIpc) is 2.53. The molecule has 76 valence electrons. The van der Waals surface area contributed by atoms with Crippen molar-refractivity contribution in [1.29, 1.82) is 0 Å². The van der Waals surface area contributed by atoms with Crippen LogP contribution in [0.4, 0.5) is 0 Å². The normalized spacial score (nSPS) is 9.93. The number of rotatable bonds is 3. The molecule has 1 aromatic rings. The highest BCUT2D eigenvalue weighted by Gasteiger charge is 2.20. The summed E-state index contributed by atoms with van der Waals surface area (Å²) in [6, 6.07) is 0. The number of methoxy groups -OCH3 is 1. The van der Waals surface area contributed by atoms with Crippen LogP contribution in [0.25, 0.3) is 0 Å². The topological polar surface area (TPSA) is 59.2 Å². The molecule has 0 spiro atoms. The van der Waals surface area contributed by atoms with Crippen LogP contribution in [0.3, 0.4) is 0 Å². The van der Waals surface area contributed by atoms with Gasteiger partial charge in [0.05, 0.1) is 22.1 Å². The Labute approximate surface area is 95.2 Å². The van der Waals surface area contributed by atoms with Gasteiger partial charge in [0.1, 0.15) is 0 Å². The number of aldehydes is 1. The van der Waals surface area contributed by atoms with Gasteiger partial charge in [-0.1, -0.05) is 6.92 Å². The summed E-state index contributed by atoms with van der Waals surface area (Å²) >= 11 is 2.06. The van der Waals surface area contributed by atoms with Crippen LogP contribution in [0.2, 0.25) is 0 Å². The number of aromatic amines is 1. The quantitative estimate of drug-likeness (QED) is 0.526. The number of carbonyl (C=O) groups is 2. The van der Waals surface area contributed by atoms with Gasteiger partial charge in [0, 0.05) is 0 Å². The van der Waals surface area contributed by atoms with E-state index in [4.69, 9.17) is 0 Å². The molecule has 0 saturated carbocycles. The van der Waals surface area contributed by atoms with Gasteiger partial charge in [-0.2, -0.15) is 0 Å². The van der Waals surface area contributed by atoms with E-state index in [1.54, 1.807) is 0 Å². The van der Waals surface area contributed by atoms with Gasteiger partial charge in [-0.15, -0.1) is 0 Å². The fourth-order valence-corrected chi connectivity index (χ4v) is 2.23. The van der Waals surface area contributed by atoms with Gasteiger partial charge in [0.2, 0.25) is 0 Å². The van der Waals surface area contributed by atoms with E-state index < -0.39 is 5.97 Å². The van der Waals surface area contributed by atoms with Crippen LogP contribution in [-0.4, -0.2) is 24.3 Å². The largest absolute Gasteiger partial charge is 0.465 e. The molecule has 0 bridgehead atoms. The van der Waals surface area contributed by atoms with Crippen molar-refractivity contribution in [2.75, 3.05) is 7.11 Å². The predicted octanol–water partition coefficient (Wildman–Crippen LogP) is 1.78. The number of carbonyl (C=O) groups excluding carboxylic acids is 2. The van der Waals surface area contributed by atoms with Gasteiger partial charge >= 0.3 is 5.97 Å². The standard InChI is InChI=1S/C9H10INO3/c1-3-5-7(9(13)14-2)6(4-12)11-8(5)10/h4,11H,3H2,1-2H3. The molecule has 14 heavy (non-hydrogen) atoms. The molecule has 1 heterocycles. The van der Waals surface area contributed by atoms with Gasteiger partial charge in [0.15, 0.2) is 6.29 Å². The molecule has 0 aliphatic carbocycles. The first-order valence-electron chi connectivity index (χ1n) is 4.09. The van der Waals surface area contributed by atoms with Crippen molar-refractivity contribution in [2.24, 2.45) is 0 Å². The molecule has 4 nitrogen and oxygen atoms in total. The van der Waals surface area contributed by atoms with E-state index in [2.05, 4.69) is 32.3 Å². The van der Waals surface area contributed by atoms with Crippen molar-refractivity contribution < 1.29 is 14.3 Å². The lowest BCUT2D eigenvalue weighted by Crippen LogP contribution is -2.06. The molecule has 0 atom stereocenters. The monoisotopic (exact) mass is 307 g/mol. The molecule has 0 fully saturated rings. The Kier molecular flexibility index (Phi) is 3.68. The molecule has 1 aromatic heterocycles. The molecule has 5 heteroatoms. The summed E-state index contributed by atoms with van der Waals surface area (Å²) in [5, 5.41) is 0. The number of hydrogen-bond acceptors (Lipinski definition) is 3. The number of aromatic nitrogens is 1. The third kappa shape index (κ3) is 1.82. The molecule has 0 aliphatic rings. The molecular formula is C9H10INO3. The van der Waals surface area contributed by atoms with Crippen molar-refractivity contribution in [3.05, 3.63) is 20.5 Å². The summed E-state index contributed by atoms with van der Waals surface area (Å²) in [5.74, 6) is -0.469. The second kappa shape index (κ2) is 4.59. The van der Waals surface area contributed by atoms with Gasteiger partial charge < -0.3 is 9.72 Å². The fourth-order valence-electron chi connectivity index (χ4n) is 1.28. The Morgan fingerprint density at radius 1 is 1.64 bits per heavy atom. The highest BCUT2D eigenvalue weighted by molar-refractivity contribution is 14.1. The van der Waals surface area contributed by atoms with E-state index in [0.29, 0.717) is 18.3 Å². The number of hydrogen-bond donors (Lipinski definition) is 1. The second-order valence-corrected chi connectivity index (χ2v) is 3.75. The van der Waals surface area contributed by atoms with Gasteiger partial charge in [0.25, 0.3) is 0 Å². The SMILES string of the molecule is CCc1c(I)[nH]c(C=O)c1C(=O)OC. The van der Waals surface area contributed by atoms with Crippen LogP contribution in [-0.2, 0) is 11.2 Å². The molecule has 1 rings (SSSR count). The zero-order valence-corrected chi connectivity index (χ0v) is 10.0. The number of esters is 1. The molecule has 1 N–H and O–H groups in total. The van der Waals surface area contributed by atoms with Crippen LogP contribution < -0.4 is 0 Å². The first-order valence-corrected chi connectivity index (χ1v) is 5.17. The average molecular weight is 307 g/mol. The summed E-state index contributed by atoms with van der Waals surface area (Å²) in [5.41, 5.74) is 1.48. The summed E-state index contributed by atoms with van der Waals surface area (Å²) in [7, 11) is 1.30. The first kappa shape index (κ1) is 11.2. The second-order valence-electron chi connectivity index (χ2n) is 2.67. The molecule has 0 amide bonds. The molecule has 0 saturated heterocycles. The highest BCUT2D eigenvalue weighted by Crippen LogP contribution is 2.21. The van der Waals surface area contributed by atoms with E-state index in [0.717, 1.165) is 9.26 Å². The minimum atomic E-state index is -0.469. The summed E-state index contributed by atoms with van der Waals surface area (Å²) in [4.78, 5) is 24.9. The van der Waals surface area contributed by atoms with E-state index in [9.17, 15) is 9.59 Å². The number of ether oxygens (including phenoxy) is 1. The van der Waals surface area contributed by atoms with Crippen molar-refractivity contribution in [3.63, 3.8) is 0 Å². The third-order valence-electron chi connectivity index (χ3n) is 1.94. The molecule has 0 radical (unpaired) electrons. The van der Waals surface area contributed by atoms with E-state index in [1.807, 2.05) is 6.92 Å². The van der Waals surface area contributed by atoms with E-state index in [-0.39, 0.29) is 5.69 Å². The maximum absolute atomic E-state index is 11.4. The first-order chi connectivity index (χ1) is 6.65. The Morgan fingerprint density at radius 3 is 2.71 bits per heavy atom. The van der Waals surface area contributed by atoms with E-state index >= 15 is 0 Å². The highest BCUT2D eigenvalue weighted by atomic mass is 127. The van der Waals surface area contributed by atoms with E-state index in [1.165, 1.54) is 7.11 Å². The molecule has 0 aliphatic heterocycles. The Bertz CT molecular complexity index is 370. The van der Waals surface area contributed by atoms with Crippen molar-refractivity contribution in [1.82, 2.24) is 4.98 Å². The number of H-pyrrole nitrogens is 1. The molecular weight excluding hydrogens is 297 g/mol. The van der Waals surface area contributed by atoms with Crippen LogP contribution in [0.15, 0.2) is 0 Å². The zero-order chi connectivity index (χ0) is 10.7. The van der Waals surface area contributed by atoms with Crippen LogP contribution >= 0.6 is 22.6 Å².